The number of unbranched alkanes of at least 4 members (excludes halogenated alkanes) is 2. The molecule has 7 nitrogen and oxygen atoms in total. The van der Waals surface area contributed by atoms with Gasteiger partial charge in [-0.05, 0) is 49.8 Å². The Labute approximate surface area is 200 Å². The molecule has 7 heteroatoms. The molecule has 3 aliphatic heterocycles. The Kier molecular flexibility index (Phi) is 6.63. The van der Waals surface area contributed by atoms with E-state index in [4.69, 9.17) is 4.74 Å². The molecular formula is C27H31N3O4. The largest absolute Gasteiger partial charge is 0.381 e. The van der Waals surface area contributed by atoms with E-state index in [1.807, 2.05) is 47.4 Å². The standard InChI is InChI=1S/C27H31N3O4/c31-24(28-18-19-13-16-34-17-14-19)12-2-1-7-15-29-25-20-8-3-4-9-21(20)27(33)30(25)23-11-6-5-10-22(23)26(29)32/h3-6,8-11,19,25H,1-2,7,12-18H2,(H,28,31)/t25-/m1/s1. The van der Waals surface area contributed by atoms with Crippen LogP contribution in [0.4, 0.5) is 5.69 Å². The van der Waals surface area contributed by atoms with Gasteiger partial charge in [0.2, 0.25) is 5.91 Å². The highest BCUT2D eigenvalue weighted by atomic mass is 16.5. The number of carbonyl (C=O) groups excluding carboxylic acids is 3. The van der Waals surface area contributed by atoms with Crippen LogP contribution in [0.25, 0.3) is 0 Å². The molecule has 3 heterocycles. The highest BCUT2D eigenvalue weighted by Gasteiger charge is 2.47. The van der Waals surface area contributed by atoms with E-state index in [2.05, 4.69) is 5.32 Å². The van der Waals surface area contributed by atoms with Crippen molar-refractivity contribution < 1.29 is 19.1 Å². The van der Waals surface area contributed by atoms with Gasteiger partial charge in [0.25, 0.3) is 11.8 Å². The van der Waals surface area contributed by atoms with Gasteiger partial charge in [0, 0.05) is 43.9 Å². The molecule has 0 aromatic heterocycles. The van der Waals surface area contributed by atoms with Gasteiger partial charge >= 0.3 is 0 Å². The number of rotatable bonds is 8. The van der Waals surface area contributed by atoms with Gasteiger partial charge in [0.15, 0.2) is 0 Å². The zero-order chi connectivity index (χ0) is 23.5. The molecule has 34 heavy (non-hydrogen) atoms. The Hall–Kier alpha value is -3.19. The van der Waals surface area contributed by atoms with Crippen molar-refractivity contribution in [3.63, 3.8) is 0 Å². The summed E-state index contributed by atoms with van der Waals surface area (Å²) in [6, 6.07) is 14.9. The maximum absolute atomic E-state index is 13.4. The maximum atomic E-state index is 13.4. The fourth-order valence-corrected chi connectivity index (χ4v) is 5.24. The van der Waals surface area contributed by atoms with Crippen LogP contribution in [0.1, 0.15) is 71.0 Å². The summed E-state index contributed by atoms with van der Waals surface area (Å²) in [5.74, 6) is 0.504. The predicted molar refractivity (Wildman–Crippen MR) is 128 cm³/mol. The van der Waals surface area contributed by atoms with Gasteiger partial charge in [0.1, 0.15) is 6.17 Å². The lowest BCUT2D eigenvalue weighted by Crippen LogP contribution is -2.48. The monoisotopic (exact) mass is 461 g/mol. The molecule has 0 saturated carbocycles. The minimum atomic E-state index is -0.408. The number of ether oxygens (including phenoxy) is 1. The van der Waals surface area contributed by atoms with E-state index in [-0.39, 0.29) is 17.7 Å². The first kappa shape index (κ1) is 22.6. The topological polar surface area (TPSA) is 79.0 Å². The zero-order valence-electron chi connectivity index (χ0n) is 19.4. The number of nitrogens with one attached hydrogen (secondary N) is 1. The SMILES string of the molecule is O=C(CCCCCN1C(=O)c2ccccc2N2C(=O)c3ccccc3[C@H]12)NCC1CCOCC1. The Morgan fingerprint density at radius 3 is 2.47 bits per heavy atom. The molecule has 1 atom stereocenters. The molecule has 0 unspecified atom stereocenters. The van der Waals surface area contributed by atoms with Gasteiger partial charge in [-0.1, -0.05) is 36.8 Å². The lowest BCUT2D eigenvalue weighted by Gasteiger charge is -2.41. The molecule has 1 fully saturated rings. The molecule has 0 aliphatic carbocycles. The molecule has 2 aromatic rings. The van der Waals surface area contributed by atoms with Crippen molar-refractivity contribution in [3.8, 4) is 0 Å². The molecular weight excluding hydrogens is 430 g/mol. The third kappa shape index (κ3) is 4.32. The Bertz CT molecular complexity index is 1080. The van der Waals surface area contributed by atoms with Crippen LogP contribution in [0.5, 0.6) is 0 Å². The summed E-state index contributed by atoms with van der Waals surface area (Å²) >= 11 is 0. The minimum absolute atomic E-state index is 0.0458. The Morgan fingerprint density at radius 1 is 0.912 bits per heavy atom. The molecule has 1 N–H and O–H groups in total. The number of hydrogen-bond acceptors (Lipinski definition) is 4. The third-order valence-corrected chi connectivity index (χ3v) is 7.11. The van der Waals surface area contributed by atoms with Crippen molar-refractivity contribution in [2.24, 2.45) is 5.92 Å². The summed E-state index contributed by atoms with van der Waals surface area (Å²) in [4.78, 5) is 42.4. The number of nitrogens with zero attached hydrogens (tertiary/aromatic N) is 2. The number of amides is 3. The van der Waals surface area contributed by atoms with Crippen LogP contribution in [0.15, 0.2) is 48.5 Å². The number of para-hydroxylation sites is 1. The fraction of sp³-hybridized carbons (Fsp3) is 0.444. The molecule has 0 spiro atoms. The highest BCUT2D eigenvalue weighted by molar-refractivity contribution is 6.16. The second-order valence-electron chi connectivity index (χ2n) is 9.32. The van der Waals surface area contributed by atoms with E-state index in [0.717, 1.165) is 57.4 Å². The van der Waals surface area contributed by atoms with E-state index in [9.17, 15) is 14.4 Å². The minimum Gasteiger partial charge on any atom is -0.381 e. The first-order valence-electron chi connectivity index (χ1n) is 12.3. The van der Waals surface area contributed by atoms with Crippen LogP contribution < -0.4 is 10.2 Å². The average molecular weight is 462 g/mol. The fourth-order valence-electron chi connectivity index (χ4n) is 5.24. The van der Waals surface area contributed by atoms with Crippen molar-refractivity contribution in [1.29, 1.82) is 0 Å². The Morgan fingerprint density at radius 2 is 1.65 bits per heavy atom. The lowest BCUT2D eigenvalue weighted by molar-refractivity contribution is -0.121. The molecule has 5 rings (SSSR count). The van der Waals surface area contributed by atoms with Crippen LogP contribution in [0.2, 0.25) is 0 Å². The Balaban J connectivity index is 1.19. The van der Waals surface area contributed by atoms with E-state index in [0.29, 0.717) is 35.7 Å². The van der Waals surface area contributed by atoms with Crippen molar-refractivity contribution in [3.05, 3.63) is 65.2 Å². The second-order valence-corrected chi connectivity index (χ2v) is 9.32. The smallest absolute Gasteiger partial charge is 0.260 e. The quantitative estimate of drug-likeness (QED) is 0.605. The highest BCUT2D eigenvalue weighted by Crippen LogP contribution is 2.45. The van der Waals surface area contributed by atoms with Gasteiger partial charge in [0.05, 0.1) is 11.3 Å². The summed E-state index contributed by atoms with van der Waals surface area (Å²) in [6.45, 7) is 2.85. The van der Waals surface area contributed by atoms with Gasteiger partial charge in [-0.3, -0.25) is 19.3 Å². The summed E-state index contributed by atoms with van der Waals surface area (Å²) in [6.07, 6.45) is 4.52. The van der Waals surface area contributed by atoms with E-state index in [1.165, 1.54) is 0 Å². The molecule has 0 bridgehead atoms. The van der Waals surface area contributed by atoms with E-state index >= 15 is 0 Å². The summed E-state index contributed by atoms with van der Waals surface area (Å²) < 4.78 is 5.36. The summed E-state index contributed by atoms with van der Waals surface area (Å²) in [5, 5.41) is 3.05. The molecule has 0 radical (unpaired) electrons. The molecule has 3 aliphatic rings. The van der Waals surface area contributed by atoms with Gasteiger partial charge in [-0.2, -0.15) is 0 Å². The maximum Gasteiger partial charge on any atom is 0.260 e. The van der Waals surface area contributed by atoms with Crippen molar-refractivity contribution in [2.45, 2.75) is 44.7 Å². The third-order valence-electron chi connectivity index (χ3n) is 7.11. The number of hydrogen-bond donors (Lipinski definition) is 1. The van der Waals surface area contributed by atoms with Crippen LogP contribution in [-0.4, -0.2) is 48.9 Å². The summed E-state index contributed by atoms with van der Waals surface area (Å²) in [5.41, 5.74) is 2.77. The molecule has 178 valence electrons. The number of fused-ring (bicyclic) bond motifs is 5. The van der Waals surface area contributed by atoms with Gasteiger partial charge in [-0.25, -0.2) is 0 Å². The van der Waals surface area contributed by atoms with Crippen LogP contribution >= 0.6 is 0 Å². The molecule has 1 saturated heterocycles. The molecule has 2 aromatic carbocycles. The first-order chi connectivity index (χ1) is 16.6. The zero-order valence-corrected chi connectivity index (χ0v) is 19.4. The first-order valence-corrected chi connectivity index (χ1v) is 12.3. The van der Waals surface area contributed by atoms with Crippen molar-refractivity contribution in [2.75, 3.05) is 31.2 Å². The summed E-state index contributed by atoms with van der Waals surface area (Å²) in [7, 11) is 0. The predicted octanol–water partition coefficient (Wildman–Crippen LogP) is 3.90. The van der Waals surface area contributed by atoms with Crippen LogP contribution in [0, 0.1) is 5.92 Å². The second kappa shape index (κ2) is 9.97. The van der Waals surface area contributed by atoms with E-state index < -0.39 is 6.17 Å². The normalized spacial score (nSPS) is 19.6. The molecule has 3 amide bonds. The lowest BCUT2D eigenvalue weighted by atomic mass is 10.0. The van der Waals surface area contributed by atoms with E-state index in [1.54, 1.807) is 11.0 Å². The van der Waals surface area contributed by atoms with Crippen LogP contribution in [0.3, 0.4) is 0 Å². The van der Waals surface area contributed by atoms with Crippen LogP contribution in [-0.2, 0) is 9.53 Å². The average Bonchev–Trinajstić information content (AvgIpc) is 3.17. The number of anilines is 1. The van der Waals surface area contributed by atoms with Gasteiger partial charge < -0.3 is 15.0 Å². The van der Waals surface area contributed by atoms with Crippen molar-refractivity contribution >= 4 is 23.4 Å². The number of carbonyl (C=O) groups is 3. The number of benzene rings is 2. The van der Waals surface area contributed by atoms with Gasteiger partial charge in [-0.15, -0.1) is 0 Å². The van der Waals surface area contributed by atoms with Crippen molar-refractivity contribution in [1.82, 2.24) is 10.2 Å².